The van der Waals surface area contributed by atoms with Crippen molar-refractivity contribution in [1.82, 2.24) is 4.57 Å². The molecule has 0 spiro atoms. The van der Waals surface area contributed by atoms with Crippen molar-refractivity contribution in [3.63, 3.8) is 0 Å². The van der Waals surface area contributed by atoms with E-state index in [0.717, 1.165) is 0 Å². The molecule has 0 fully saturated rings. The minimum absolute atomic E-state index is 0.336. The lowest BCUT2D eigenvalue weighted by Gasteiger charge is -2.06. The number of pyridine rings is 1. The summed E-state index contributed by atoms with van der Waals surface area (Å²) < 4.78 is 4.84. The van der Waals surface area contributed by atoms with Crippen LogP contribution in [0.25, 0.3) is 44.0 Å². The van der Waals surface area contributed by atoms with E-state index < -0.39 is 0 Å². The number of hydrogen-bond donors (Lipinski definition) is 0. The molecule has 130 valence electrons. The predicted molar refractivity (Wildman–Crippen MR) is 112 cm³/mol. The zero-order valence-corrected chi connectivity index (χ0v) is 15.8. The first kappa shape index (κ1) is 15.0. The lowest BCUT2D eigenvalue weighted by molar-refractivity contribution is -0.669. The highest BCUT2D eigenvalue weighted by Gasteiger charge is 2.36. The van der Waals surface area contributed by atoms with Crippen molar-refractivity contribution in [1.29, 1.82) is 0 Å². The molecule has 0 saturated carbocycles. The van der Waals surface area contributed by atoms with Crippen LogP contribution in [0.2, 0.25) is 0 Å². The second kappa shape index (κ2) is 4.98. The number of rotatable bonds is 0. The molecular weight excluding hydrogens is 328 g/mol. The summed E-state index contributed by atoms with van der Waals surface area (Å²) in [6.07, 6.45) is 0. The normalized spacial score (nSPS) is 15.6. The molecule has 2 nitrogen and oxygen atoms in total. The Bertz CT molecular complexity index is 1410. The van der Waals surface area contributed by atoms with E-state index in [1.165, 1.54) is 55.1 Å². The van der Waals surface area contributed by atoms with Crippen LogP contribution in [0.1, 0.15) is 24.1 Å². The van der Waals surface area contributed by atoms with E-state index in [-0.39, 0.29) is 0 Å². The third-order valence-corrected chi connectivity index (χ3v) is 6.40. The van der Waals surface area contributed by atoms with Crippen LogP contribution >= 0.6 is 0 Å². The fourth-order valence-electron chi connectivity index (χ4n) is 5.05. The average Bonchev–Trinajstić information content (AvgIpc) is 3.14. The van der Waals surface area contributed by atoms with E-state index in [2.05, 4.69) is 96.8 Å². The van der Waals surface area contributed by atoms with Crippen LogP contribution in [0, 0.1) is 6.92 Å². The molecular formula is C25H21N2+. The van der Waals surface area contributed by atoms with Gasteiger partial charge in [0.15, 0.2) is 6.04 Å². The summed E-state index contributed by atoms with van der Waals surface area (Å²) in [4.78, 5) is 0. The molecule has 27 heavy (non-hydrogen) atoms. The molecule has 3 heterocycles. The Morgan fingerprint density at radius 3 is 2.41 bits per heavy atom. The Hall–Kier alpha value is -3.13. The van der Waals surface area contributed by atoms with Crippen molar-refractivity contribution in [3.8, 4) is 11.3 Å². The summed E-state index contributed by atoms with van der Waals surface area (Å²) >= 11 is 0. The number of para-hydroxylation sites is 2. The quantitative estimate of drug-likeness (QED) is 0.319. The molecule has 3 aromatic carbocycles. The van der Waals surface area contributed by atoms with Gasteiger partial charge in [-0.25, -0.2) is 0 Å². The maximum Gasteiger partial charge on any atom is 0.214 e. The number of fused-ring (bicyclic) bond motifs is 8. The van der Waals surface area contributed by atoms with Gasteiger partial charge in [0.25, 0.3) is 0 Å². The Morgan fingerprint density at radius 2 is 1.56 bits per heavy atom. The largest absolute Gasteiger partial charge is 0.344 e. The number of hydrogen-bond acceptors (Lipinski definition) is 0. The van der Waals surface area contributed by atoms with Crippen molar-refractivity contribution in [2.45, 2.75) is 19.9 Å². The summed E-state index contributed by atoms with van der Waals surface area (Å²) in [5, 5.41) is 4.02. The van der Waals surface area contributed by atoms with Gasteiger partial charge in [-0.2, -0.15) is 4.57 Å². The van der Waals surface area contributed by atoms with Gasteiger partial charge in [-0.05, 0) is 36.8 Å². The monoisotopic (exact) mass is 349 g/mol. The van der Waals surface area contributed by atoms with Crippen molar-refractivity contribution in [3.05, 3.63) is 77.9 Å². The molecule has 0 aliphatic carbocycles. The molecule has 1 aliphatic heterocycles. The molecule has 0 radical (unpaired) electrons. The Morgan fingerprint density at radius 1 is 0.815 bits per heavy atom. The molecule has 6 rings (SSSR count). The molecule has 2 heteroatoms. The van der Waals surface area contributed by atoms with E-state index in [1.807, 2.05) is 0 Å². The first-order chi connectivity index (χ1) is 13.1. The second-order valence-corrected chi connectivity index (χ2v) is 7.81. The van der Waals surface area contributed by atoms with Crippen molar-refractivity contribution < 1.29 is 4.57 Å². The fraction of sp³-hybridized carbons (Fsp3) is 0.160. The first-order valence-electron chi connectivity index (χ1n) is 9.60. The van der Waals surface area contributed by atoms with Gasteiger partial charge in [0.1, 0.15) is 0 Å². The van der Waals surface area contributed by atoms with Crippen LogP contribution in [0.5, 0.6) is 0 Å². The van der Waals surface area contributed by atoms with E-state index >= 15 is 0 Å². The SMILES string of the molecule is Cc1cc2[n+](c3ccccc13)C(C)c1cc3c(cc1-2)c1ccccc1n3C. The number of aromatic nitrogens is 2. The summed E-state index contributed by atoms with van der Waals surface area (Å²) in [5.74, 6) is 0. The van der Waals surface area contributed by atoms with E-state index in [4.69, 9.17) is 0 Å². The van der Waals surface area contributed by atoms with E-state index in [9.17, 15) is 0 Å². The standard InChI is InChI=1S/C25H21N2/c1-15-12-25-21-13-20-18-9-5-6-10-22(18)26(3)24(20)14-19(21)16(2)27(25)23-11-7-4-8-17(15)23/h4-14,16H,1-3H3/q+1. The van der Waals surface area contributed by atoms with Gasteiger partial charge in [-0.3, -0.25) is 0 Å². The molecule has 2 aromatic heterocycles. The first-order valence-corrected chi connectivity index (χ1v) is 9.60. The highest BCUT2D eigenvalue weighted by atomic mass is 15.0. The zero-order chi connectivity index (χ0) is 18.3. The maximum atomic E-state index is 2.51. The lowest BCUT2D eigenvalue weighted by atomic mass is 9.99. The van der Waals surface area contributed by atoms with Crippen LogP contribution in [-0.4, -0.2) is 4.57 Å². The van der Waals surface area contributed by atoms with Gasteiger partial charge in [0.05, 0.1) is 5.56 Å². The van der Waals surface area contributed by atoms with Gasteiger partial charge in [0, 0.05) is 58.9 Å². The van der Waals surface area contributed by atoms with Crippen molar-refractivity contribution in [2.24, 2.45) is 7.05 Å². The summed E-state index contributed by atoms with van der Waals surface area (Å²) in [5.41, 5.74) is 9.41. The van der Waals surface area contributed by atoms with Crippen LogP contribution in [0.4, 0.5) is 0 Å². The maximum absolute atomic E-state index is 2.51. The molecule has 0 amide bonds. The van der Waals surface area contributed by atoms with Crippen molar-refractivity contribution >= 4 is 32.7 Å². The summed E-state index contributed by atoms with van der Waals surface area (Å²) in [6, 6.07) is 25.0. The second-order valence-electron chi connectivity index (χ2n) is 7.81. The molecule has 1 unspecified atom stereocenters. The fourth-order valence-corrected chi connectivity index (χ4v) is 5.05. The third kappa shape index (κ3) is 1.78. The smallest absolute Gasteiger partial charge is 0.214 e. The Balaban J connectivity index is 1.77. The van der Waals surface area contributed by atoms with Gasteiger partial charge < -0.3 is 4.57 Å². The van der Waals surface area contributed by atoms with Gasteiger partial charge in [0.2, 0.25) is 11.2 Å². The highest BCUT2D eigenvalue weighted by molar-refractivity contribution is 6.09. The summed E-state index contributed by atoms with van der Waals surface area (Å²) in [6.45, 7) is 4.55. The molecule has 0 saturated heterocycles. The topological polar surface area (TPSA) is 8.81 Å². The molecule has 5 aromatic rings. The van der Waals surface area contributed by atoms with Gasteiger partial charge >= 0.3 is 0 Å². The molecule has 1 atom stereocenters. The van der Waals surface area contributed by atoms with Gasteiger partial charge in [-0.15, -0.1) is 0 Å². The minimum atomic E-state index is 0.336. The molecule has 0 N–H and O–H groups in total. The third-order valence-electron chi connectivity index (χ3n) is 6.40. The van der Waals surface area contributed by atoms with Crippen LogP contribution in [0.15, 0.2) is 66.7 Å². The van der Waals surface area contributed by atoms with Crippen LogP contribution < -0.4 is 4.57 Å². The molecule has 0 bridgehead atoms. The average molecular weight is 349 g/mol. The number of aryl methyl sites for hydroxylation is 2. The Kier molecular flexibility index (Phi) is 2.76. The lowest BCUT2D eigenvalue weighted by Crippen LogP contribution is -2.37. The van der Waals surface area contributed by atoms with Crippen LogP contribution in [0.3, 0.4) is 0 Å². The number of nitrogens with zero attached hydrogens (tertiary/aromatic N) is 2. The zero-order valence-electron chi connectivity index (χ0n) is 15.8. The van der Waals surface area contributed by atoms with Crippen molar-refractivity contribution in [2.75, 3.05) is 0 Å². The van der Waals surface area contributed by atoms with E-state index in [0.29, 0.717) is 6.04 Å². The molecule has 1 aliphatic rings. The minimum Gasteiger partial charge on any atom is -0.344 e. The van der Waals surface area contributed by atoms with Crippen LogP contribution in [-0.2, 0) is 7.05 Å². The number of benzene rings is 3. The van der Waals surface area contributed by atoms with E-state index in [1.54, 1.807) is 0 Å². The van der Waals surface area contributed by atoms with Gasteiger partial charge in [-0.1, -0.05) is 30.3 Å². The summed E-state index contributed by atoms with van der Waals surface area (Å²) in [7, 11) is 2.18. The predicted octanol–water partition coefficient (Wildman–Crippen LogP) is 5.67. The highest BCUT2D eigenvalue weighted by Crippen LogP contribution is 2.41. The Labute approximate surface area is 158 Å².